The maximum atomic E-state index is 13.6. The lowest BCUT2D eigenvalue weighted by Gasteiger charge is -2.34. The summed E-state index contributed by atoms with van der Waals surface area (Å²) in [7, 11) is 2.13. The topological polar surface area (TPSA) is 165 Å². The monoisotopic (exact) mass is 642 g/mol. The molecule has 2 aromatic carbocycles. The Hall–Kier alpha value is -5.77. The second kappa shape index (κ2) is 13.7. The summed E-state index contributed by atoms with van der Waals surface area (Å²) in [6, 6.07) is 13.0. The van der Waals surface area contributed by atoms with Gasteiger partial charge in [-0.05, 0) is 49.0 Å². The van der Waals surface area contributed by atoms with Crippen molar-refractivity contribution in [3.8, 4) is 5.82 Å². The molecule has 1 saturated heterocycles. The zero-order chi connectivity index (χ0) is 32.9. The van der Waals surface area contributed by atoms with E-state index in [1.165, 1.54) is 17.1 Å². The van der Waals surface area contributed by atoms with Gasteiger partial charge >= 0.3 is 0 Å². The number of rotatable bonds is 10. The van der Waals surface area contributed by atoms with Crippen LogP contribution in [0.3, 0.4) is 0 Å². The van der Waals surface area contributed by atoms with Gasteiger partial charge in [0.05, 0.1) is 12.9 Å². The number of halogens is 2. The van der Waals surface area contributed by atoms with Gasteiger partial charge in [-0.25, -0.2) is 23.7 Å². The van der Waals surface area contributed by atoms with E-state index in [1.807, 2.05) is 12.1 Å². The van der Waals surface area contributed by atoms with Crippen LogP contribution in [0.15, 0.2) is 72.0 Å². The van der Waals surface area contributed by atoms with Gasteiger partial charge in [0.25, 0.3) is 11.5 Å². The van der Waals surface area contributed by atoms with Crippen molar-refractivity contribution in [2.45, 2.75) is 13.0 Å². The van der Waals surface area contributed by atoms with E-state index in [1.54, 1.807) is 12.3 Å². The molecular formula is C31H32F2N12O2. The number of nitrogens with two attached hydrogens (primary N) is 1. The highest BCUT2D eigenvalue weighted by atomic mass is 19.2. The fourth-order valence-electron chi connectivity index (χ4n) is 5.06. The molecular weight excluding hydrogens is 610 g/mol. The minimum absolute atomic E-state index is 0.0867. The number of nitrogens with one attached hydrogen (secondary N) is 2. The Morgan fingerprint density at radius 3 is 2.55 bits per heavy atom. The number of carbonyl (C=O) groups is 1. The van der Waals surface area contributed by atoms with Gasteiger partial charge in [0, 0.05) is 69.0 Å². The summed E-state index contributed by atoms with van der Waals surface area (Å²) in [5, 5.41) is 10.3. The number of carbonyl (C=O) groups excluding carboxylic acids is 1. The largest absolute Gasteiger partial charge is 0.369 e. The SMILES string of the molecule is CN1CCN(c2ccc(Nc3nc(N)n(-c4ccnc(CCNC(=O)c5cncn(Cc6ccc(F)c(F)c6)c5=O)n4)n3)cc2)CC1. The number of piperazine rings is 1. The van der Waals surface area contributed by atoms with Gasteiger partial charge in [-0.2, -0.15) is 9.67 Å². The predicted octanol–water partition coefficient (Wildman–Crippen LogP) is 1.99. The number of likely N-dealkylation sites (N-methyl/N-ethyl adjacent to an activating group) is 1. The van der Waals surface area contributed by atoms with Crippen LogP contribution >= 0.6 is 0 Å². The average Bonchev–Trinajstić information content (AvgIpc) is 3.44. The number of nitrogen functional groups attached to an aromatic ring is 1. The van der Waals surface area contributed by atoms with Crippen molar-refractivity contribution >= 4 is 29.2 Å². The van der Waals surface area contributed by atoms with E-state index in [9.17, 15) is 18.4 Å². The summed E-state index contributed by atoms with van der Waals surface area (Å²) in [5.41, 5.74) is 7.63. The van der Waals surface area contributed by atoms with Crippen LogP contribution in [0.2, 0.25) is 0 Å². The number of nitrogens with zero attached hydrogens (tertiary/aromatic N) is 9. The first-order chi connectivity index (χ1) is 22.7. The summed E-state index contributed by atoms with van der Waals surface area (Å²) >= 11 is 0. The lowest BCUT2D eigenvalue weighted by atomic mass is 10.2. The van der Waals surface area contributed by atoms with Crippen LogP contribution in [-0.4, -0.2) is 84.9 Å². The van der Waals surface area contributed by atoms with Crippen molar-refractivity contribution < 1.29 is 13.6 Å². The molecule has 1 amide bonds. The first-order valence-electron chi connectivity index (χ1n) is 14.9. The highest BCUT2D eigenvalue weighted by molar-refractivity contribution is 5.93. The van der Waals surface area contributed by atoms with E-state index in [4.69, 9.17) is 5.73 Å². The summed E-state index contributed by atoms with van der Waals surface area (Å²) < 4.78 is 29.4. The molecule has 16 heteroatoms. The van der Waals surface area contributed by atoms with Crippen LogP contribution in [-0.2, 0) is 13.0 Å². The van der Waals surface area contributed by atoms with Gasteiger partial charge in [-0.1, -0.05) is 6.07 Å². The molecule has 6 rings (SSSR count). The standard InChI is InChI=1S/C31H32F2N12O2/c1-42-12-14-43(15-13-42)22-5-3-21(4-6-22)38-31-40-30(34)45(41-31)27-9-11-36-26(39-27)8-10-37-28(46)23-17-35-19-44(29(23)47)18-20-2-7-24(32)25(33)16-20/h2-7,9,11,16-17,19H,8,10,12-15,18H2,1H3,(H,37,46)(H3,34,38,40,41). The molecule has 1 fully saturated rings. The summed E-state index contributed by atoms with van der Waals surface area (Å²) in [4.78, 5) is 47.4. The second-order valence-electron chi connectivity index (χ2n) is 11.0. The Balaban J connectivity index is 1.05. The number of anilines is 4. The number of aromatic nitrogens is 7. The van der Waals surface area contributed by atoms with Crippen molar-refractivity contribution in [2.24, 2.45) is 0 Å². The Morgan fingerprint density at radius 2 is 1.79 bits per heavy atom. The molecule has 0 radical (unpaired) electrons. The quantitative estimate of drug-likeness (QED) is 0.204. The zero-order valence-electron chi connectivity index (χ0n) is 25.5. The van der Waals surface area contributed by atoms with Crippen molar-refractivity contribution in [3.05, 3.63) is 106 Å². The van der Waals surface area contributed by atoms with Crippen molar-refractivity contribution in [1.82, 2.24) is 44.5 Å². The molecule has 0 unspecified atom stereocenters. The molecule has 0 saturated carbocycles. The van der Waals surface area contributed by atoms with Crippen LogP contribution in [0.4, 0.5) is 32.1 Å². The molecule has 0 atom stereocenters. The minimum atomic E-state index is -1.03. The van der Waals surface area contributed by atoms with E-state index in [0.717, 1.165) is 60.5 Å². The van der Waals surface area contributed by atoms with Gasteiger partial charge in [0.1, 0.15) is 11.4 Å². The molecule has 4 heterocycles. The maximum Gasteiger partial charge on any atom is 0.266 e. The molecule has 4 N–H and O–H groups in total. The van der Waals surface area contributed by atoms with E-state index >= 15 is 0 Å². The minimum Gasteiger partial charge on any atom is -0.369 e. The average molecular weight is 643 g/mol. The summed E-state index contributed by atoms with van der Waals surface area (Å²) in [5.74, 6) is -1.47. The fourth-order valence-corrected chi connectivity index (χ4v) is 5.06. The van der Waals surface area contributed by atoms with Crippen molar-refractivity contribution in [2.75, 3.05) is 55.7 Å². The van der Waals surface area contributed by atoms with E-state index in [0.29, 0.717) is 23.2 Å². The molecule has 0 spiro atoms. The highest BCUT2D eigenvalue weighted by Crippen LogP contribution is 2.22. The Bertz CT molecular complexity index is 1940. The predicted molar refractivity (Wildman–Crippen MR) is 171 cm³/mol. The first-order valence-corrected chi connectivity index (χ1v) is 14.9. The summed E-state index contributed by atoms with van der Waals surface area (Å²) in [6.45, 7) is 4.04. The molecule has 5 aromatic rings. The van der Waals surface area contributed by atoms with Crippen LogP contribution in [0.25, 0.3) is 5.82 Å². The Morgan fingerprint density at radius 1 is 1.00 bits per heavy atom. The molecule has 0 aliphatic carbocycles. The zero-order valence-corrected chi connectivity index (χ0v) is 25.5. The molecule has 3 aromatic heterocycles. The Labute approximate surface area is 267 Å². The lowest BCUT2D eigenvalue weighted by molar-refractivity contribution is 0.0951. The molecule has 1 aliphatic rings. The second-order valence-corrected chi connectivity index (χ2v) is 11.0. The van der Waals surface area contributed by atoms with E-state index in [-0.39, 0.29) is 31.0 Å². The first kappa shape index (κ1) is 31.2. The fraction of sp³-hybridized carbons (Fsp3) is 0.258. The number of hydrogen-bond acceptors (Lipinski definition) is 11. The van der Waals surface area contributed by atoms with Crippen LogP contribution in [0.1, 0.15) is 21.7 Å². The third-order valence-corrected chi connectivity index (χ3v) is 7.65. The van der Waals surface area contributed by atoms with Crippen molar-refractivity contribution in [3.63, 3.8) is 0 Å². The molecule has 0 bridgehead atoms. The van der Waals surface area contributed by atoms with Crippen molar-refractivity contribution in [1.29, 1.82) is 0 Å². The molecule has 242 valence electrons. The summed E-state index contributed by atoms with van der Waals surface area (Å²) in [6.07, 6.45) is 4.16. The Kier molecular flexibility index (Phi) is 9.10. The van der Waals surface area contributed by atoms with Gasteiger partial charge in [0.15, 0.2) is 17.5 Å². The number of benzene rings is 2. The highest BCUT2D eigenvalue weighted by Gasteiger charge is 2.16. The number of hydrogen-bond donors (Lipinski definition) is 3. The van der Waals surface area contributed by atoms with Crippen LogP contribution in [0.5, 0.6) is 0 Å². The normalized spacial score (nSPS) is 13.5. The third-order valence-electron chi connectivity index (χ3n) is 7.65. The lowest BCUT2D eigenvalue weighted by Crippen LogP contribution is -2.44. The third kappa shape index (κ3) is 7.38. The van der Waals surface area contributed by atoms with Crippen LogP contribution < -0.4 is 26.8 Å². The maximum absolute atomic E-state index is 13.6. The molecule has 14 nitrogen and oxygen atoms in total. The van der Waals surface area contributed by atoms with E-state index < -0.39 is 23.1 Å². The van der Waals surface area contributed by atoms with Crippen LogP contribution in [0, 0.1) is 11.6 Å². The van der Waals surface area contributed by atoms with E-state index in [2.05, 4.69) is 64.6 Å². The van der Waals surface area contributed by atoms with Gasteiger partial charge in [-0.15, -0.1) is 5.10 Å². The smallest absolute Gasteiger partial charge is 0.266 e. The molecule has 47 heavy (non-hydrogen) atoms. The molecule has 1 aliphatic heterocycles. The van der Waals surface area contributed by atoms with Gasteiger partial charge in [-0.3, -0.25) is 14.2 Å². The van der Waals surface area contributed by atoms with Gasteiger partial charge < -0.3 is 26.2 Å². The number of amides is 1. The van der Waals surface area contributed by atoms with Gasteiger partial charge in [0.2, 0.25) is 11.9 Å².